The Morgan fingerprint density at radius 2 is 1.77 bits per heavy atom. The molecule has 1 atom stereocenters. The van der Waals surface area contributed by atoms with Gasteiger partial charge in [0.2, 0.25) is 0 Å². The molecule has 1 aromatic rings. The van der Waals surface area contributed by atoms with E-state index in [1.807, 2.05) is 26.0 Å². The highest BCUT2D eigenvalue weighted by Crippen LogP contribution is 2.29. The van der Waals surface area contributed by atoms with Crippen molar-refractivity contribution < 1.29 is 9.84 Å². The van der Waals surface area contributed by atoms with Gasteiger partial charge >= 0.3 is 0 Å². The van der Waals surface area contributed by atoms with Crippen LogP contribution in [0.1, 0.15) is 43.9 Å². The molecule has 22 heavy (non-hydrogen) atoms. The maximum atomic E-state index is 10.5. The number of rotatable bonds is 7. The standard InChI is InChI=1S/C18H30N2O2/c1-3-18(19,4-2)17(21)16-7-5-15(6-8-16)9-10-20-11-13-22-14-12-20/h5-8,17,21H,3-4,9-14,19H2,1-2H3. The van der Waals surface area contributed by atoms with Crippen molar-refractivity contribution in [2.45, 2.75) is 44.8 Å². The molecule has 1 saturated heterocycles. The van der Waals surface area contributed by atoms with Gasteiger partial charge < -0.3 is 15.6 Å². The van der Waals surface area contributed by atoms with E-state index >= 15 is 0 Å². The molecule has 1 aliphatic rings. The number of morpholine rings is 1. The lowest BCUT2D eigenvalue weighted by molar-refractivity contribution is 0.0384. The normalized spacial score (nSPS) is 18.4. The lowest BCUT2D eigenvalue weighted by Crippen LogP contribution is -2.44. The third kappa shape index (κ3) is 4.29. The summed E-state index contributed by atoms with van der Waals surface area (Å²) < 4.78 is 5.37. The minimum absolute atomic E-state index is 0.532. The lowest BCUT2D eigenvalue weighted by Gasteiger charge is -2.32. The van der Waals surface area contributed by atoms with E-state index in [0.29, 0.717) is 0 Å². The molecule has 1 aliphatic heterocycles. The van der Waals surface area contributed by atoms with Gasteiger partial charge in [-0.1, -0.05) is 38.1 Å². The van der Waals surface area contributed by atoms with Crippen LogP contribution in [0.2, 0.25) is 0 Å². The zero-order valence-corrected chi connectivity index (χ0v) is 13.9. The average molecular weight is 306 g/mol. The summed E-state index contributed by atoms with van der Waals surface area (Å²) in [5.74, 6) is 0. The van der Waals surface area contributed by atoms with E-state index in [2.05, 4.69) is 17.0 Å². The molecule has 4 heteroatoms. The first-order valence-electron chi connectivity index (χ1n) is 8.45. The average Bonchev–Trinajstić information content (AvgIpc) is 2.60. The van der Waals surface area contributed by atoms with Gasteiger partial charge in [-0.2, -0.15) is 0 Å². The first-order valence-corrected chi connectivity index (χ1v) is 8.45. The van der Waals surface area contributed by atoms with E-state index in [1.165, 1.54) is 5.56 Å². The van der Waals surface area contributed by atoms with Gasteiger partial charge in [-0.15, -0.1) is 0 Å². The summed E-state index contributed by atoms with van der Waals surface area (Å²) in [4.78, 5) is 2.44. The van der Waals surface area contributed by atoms with Crippen molar-refractivity contribution >= 4 is 0 Å². The van der Waals surface area contributed by atoms with Crippen LogP contribution in [0.4, 0.5) is 0 Å². The van der Waals surface area contributed by atoms with Gasteiger partial charge in [0, 0.05) is 25.2 Å². The van der Waals surface area contributed by atoms with Crippen LogP contribution in [0.15, 0.2) is 24.3 Å². The Hall–Kier alpha value is -0.940. The molecule has 2 rings (SSSR count). The van der Waals surface area contributed by atoms with Gasteiger partial charge in [-0.25, -0.2) is 0 Å². The van der Waals surface area contributed by atoms with Gasteiger partial charge in [0.1, 0.15) is 0 Å². The number of aliphatic hydroxyl groups is 1. The Morgan fingerprint density at radius 3 is 2.32 bits per heavy atom. The van der Waals surface area contributed by atoms with Gasteiger partial charge in [-0.3, -0.25) is 4.90 Å². The molecule has 1 heterocycles. The highest BCUT2D eigenvalue weighted by atomic mass is 16.5. The van der Waals surface area contributed by atoms with Crippen LogP contribution in [0.3, 0.4) is 0 Å². The van der Waals surface area contributed by atoms with E-state index in [1.54, 1.807) is 0 Å². The summed E-state index contributed by atoms with van der Waals surface area (Å²) in [6.45, 7) is 8.87. The molecule has 0 saturated carbocycles. The van der Waals surface area contributed by atoms with Crippen molar-refractivity contribution in [1.82, 2.24) is 4.90 Å². The predicted molar refractivity (Wildman–Crippen MR) is 89.9 cm³/mol. The van der Waals surface area contributed by atoms with Crippen molar-refractivity contribution in [2.24, 2.45) is 5.73 Å². The first-order chi connectivity index (χ1) is 10.6. The smallest absolute Gasteiger partial charge is 0.0969 e. The molecule has 0 aromatic heterocycles. The molecule has 0 amide bonds. The van der Waals surface area contributed by atoms with Crippen LogP contribution in [0.5, 0.6) is 0 Å². The minimum atomic E-state index is -0.601. The number of ether oxygens (including phenoxy) is 1. The summed E-state index contributed by atoms with van der Waals surface area (Å²) in [5.41, 5.74) is 7.99. The summed E-state index contributed by atoms with van der Waals surface area (Å²) in [6.07, 6.45) is 1.97. The quantitative estimate of drug-likeness (QED) is 0.810. The van der Waals surface area contributed by atoms with Crippen LogP contribution in [0.25, 0.3) is 0 Å². The fourth-order valence-electron chi connectivity index (χ4n) is 2.95. The fraction of sp³-hybridized carbons (Fsp3) is 0.667. The molecule has 0 aliphatic carbocycles. The van der Waals surface area contributed by atoms with E-state index in [9.17, 15) is 5.11 Å². The molecule has 3 N–H and O–H groups in total. The zero-order chi connectivity index (χ0) is 16.0. The van der Waals surface area contributed by atoms with Crippen LogP contribution in [-0.4, -0.2) is 48.4 Å². The van der Waals surface area contributed by atoms with Crippen LogP contribution < -0.4 is 5.73 Å². The second-order valence-corrected chi connectivity index (χ2v) is 6.29. The van der Waals surface area contributed by atoms with Gasteiger partial charge in [0.05, 0.1) is 19.3 Å². The number of hydrogen-bond donors (Lipinski definition) is 2. The Bertz CT molecular complexity index is 437. The largest absolute Gasteiger partial charge is 0.386 e. The van der Waals surface area contributed by atoms with E-state index in [4.69, 9.17) is 10.5 Å². The monoisotopic (exact) mass is 306 g/mol. The predicted octanol–water partition coefficient (Wildman–Crippen LogP) is 2.11. The summed E-state index contributed by atoms with van der Waals surface area (Å²) in [5, 5.41) is 10.5. The molecule has 0 bridgehead atoms. The fourth-order valence-corrected chi connectivity index (χ4v) is 2.95. The lowest BCUT2D eigenvalue weighted by atomic mass is 9.83. The van der Waals surface area contributed by atoms with Crippen LogP contribution >= 0.6 is 0 Å². The highest BCUT2D eigenvalue weighted by Gasteiger charge is 2.31. The van der Waals surface area contributed by atoms with E-state index < -0.39 is 11.6 Å². The molecule has 1 unspecified atom stereocenters. The van der Waals surface area contributed by atoms with Crippen LogP contribution in [0, 0.1) is 0 Å². The molecule has 1 aromatic carbocycles. The third-order valence-electron chi connectivity index (χ3n) is 4.98. The summed E-state index contributed by atoms with van der Waals surface area (Å²) in [7, 11) is 0. The van der Waals surface area contributed by atoms with Gasteiger partial charge in [0.15, 0.2) is 0 Å². The summed E-state index contributed by atoms with van der Waals surface area (Å²) in [6, 6.07) is 8.27. The van der Waals surface area contributed by atoms with Gasteiger partial charge in [0.25, 0.3) is 0 Å². The molecule has 1 fully saturated rings. The third-order valence-corrected chi connectivity index (χ3v) is 4.98. The Balaban J connectivity index is 1.92. The number of benzene rings is 1. The van der Waals surface area contributed by atoms with E-state index in [0.717, 1.165) is 57.7 Å². The van der Waals surface area contributed by atoms with Crippen molar-refractivity contribution in [2.75, 3.05) is 32.8 Å². The molecular formula is C18H30N2O2. The first kappa shape index (κ1) is 17.4. The Morgan fingerprint density at radius 1 is 1.18 bits per heavy atom. The maximum absolute atomic E-state index is 10.5. The minimum Gasteiger partial charge on any atom is -0.386 e. The Kier molecular flexibility index (Phi) is 6.38. The summed E-state index contributed by atoms with van der Waals surface area (Å²) >= 11 is 0. The van der Waals surface area contributed by atoms with Gasteiger partial charge in [-0.05, 0) is 30.4 Å². The van der Waals surface area contributed by atoms with Crippen molar-refractivity contribution in [3.63, 3.8) is 0 Å². The van der Waals surface area contributed by atoms with Crippen molar-refractivity contribution in [3.8, 4) is 0 Å². The molecule has 0 radical (unpaired) electrons. The maximum Gasteiger partial charge on any atom is 0.0969 e. The SMILES string of the molecule is CCC(N)(CC)C(O)c1ccc(CCN2CCOCC2)cc1. The number of hydrogen-bond acceptors (Lipinski definition) is 4. The topological polar surface area (TPSA) is 58.7 Å². The van der Waals surface area contributed by atoms with Crippen molar-refractivity contribution in [3.05, 3.63) is 35.4 Å². The van der Waals surface area contributed by atoms with Crippen molar-refractivity contribution in [1.29, 1.82) is 0 Å². The Labute approximate surface area is 134 Å². The number of nitrogens with two attached hydrogens (primary N) is 1. The molecule has 4 nitrogen and oxygen atoms in total. The molecular weight excluding hydrogens is 276 g/mol. The molecule has 124 valence electrons. The second-order valence-electron chi connectivity index (χ2n) is 6.29. The van der Waals surface area contributed by atoms with E-state index in [-0.39, 0.29) is 0 Å². The zero-order valence-electron chi connectivity index (χ0n) is 13.9. The number of nitrogens with zero attached hydrogens (tertiary/aromatic N) is 1. The highest BCUT2D eigenvalue weighted by molar-refractivity contribution is 5.26. The second kappa shape index (κ2) is 8.06. The number of aliphatic hydroxyl groups excluding tert-OH is 1. The van der Waals surface area contributed by atoms with Crippen LogP contribution in [-0.2, 0) is 11.2 Å². The molecule has 0 spiro atoms.